The first-order valence-corrected chi connectivity index (χ1v) is 7.68. The minimum absolute atomic E-state index is 0.153. The van der Waals surface area contributed by atoms with Gasteiger partial charge < -0.3 is 9.97 Å². The third-order valence-electron chi connectivity index (χ3n) is 3.35. The Morgan fingerprint density at radius 2 is 1.17 bits per heavy atom. The van der Waals surface area contributed by atoms with Crippen LogP contribution in [0.3, 0.4) is 0 Å². The Morgan fingerprint density at radius 1 is 0.739 bits per heavy atom. The van der Waals surface area contributed by atoms with Crippen LogP contribution < -0.4 is 0 Å². The Hall–Kier alpha value is -2.93. The summed E-state index contributed by atoms with van der Waals surface area (Å²) in [6.07, 6.45) is 0. The second kappa shape index (κ2) is 5.36. The summed E-state index contributed by atoms with van der Waals surface area (Å²) < 4.78 is 0. The molecule has 4 rings (SSSR count). The molecule has 0 saturated heterocycles. The van der Waals surface area contributed by atoms with Crippen LogP contribution in [0.2, 0.25) is 0 Å². The number of thioether (sulfide) groups is 1. The van der Waals surface area contributed by atoms with Gasteiger partial charge in [-0.25, -0.2) is 9.97 Å². The van der Waals surface area contributed by atoms with E-state index >= 15 is 0 Å². The van der Waals surface area contributed by atoms with Crippen molar-refractivity contribution in [1.29, 1.82) is 0 Å². The Kier molecular flexibility index (Phi) is 3.20. The van der Waals surface area contributed by atoms with E-state index in [4.69, 9.17) is 0 Å². The first kappa shape index (κ1) is 13.7. The normalized spacial score (nSPS) is 11.1. The van der Waals surface area contributed by atoms with Crippen molar-refractivity contribution in [3.63, 3.8) is 0 Å². The lowest BCUT2D eigenvalue weighted by molar-refractivity contribution is 0.105. The van der Waals surface area contributed by atoms with Gasteiger partial charge in [0.1, 0.15) is 0 Å². The number of imidazole rings is 2. The van der Waals surface area contributed by atoms with Crippen molar-refractivity contribution in [2.75, 3.05) is 0 Å². The Balaban J connectivity index is 1.58. The highest BCUT2D eigenvalue weighted by atomic mass is 32.2. The van der Waals surface area contributed by atoms with Gasteiger partial charge in [0, 0.05) is 11.8 Å². The number of hydrogen-bond acceptors (Lipinski definition) is 5. The molecule has 0 radical (unpaired) electrons. The molecule has 23 heavy (non-hydrogen) atoms. The van der Waals surface area contributed by atoms with Gasteiger partial charge in [-0.3, -0.25) is 9.59 Å². The fraction of sp³-hybridized carbons (Fsp3) is 0. The summed E-state index contributed by atoms with van der Waals surface area (Å²) in [6, 6.07) is 14.6. The van der Waals surface area contributed by atoms with Crippen LogP contribution in [0.25, 0.3) is 22.1 Å². The molecular formula is C16H10N4O2S. The topological polar surface area (TPSA) is 91.5 Å². The number of hydrogen-bond donors (Lipinski definition) is 2. The van der Waals surface area contributed by atoms with E-state index < -0.39 is 10.2 Å². The largest absolute Gasteiger partial charge is 0.335 e. The van der Waals surface area contributed by atoms with Crippen LogP contribution >= 0.6 is 11.8 Å². The number of rotatable bonds is 2. The van der Waals surface area contributed by atoms with E-state index in [1.165, 1.54) is 0 Å². The smallest absolute Gasteiger partial charge is 0.262 e. The number of nitrogens with zero attached hydrogens (tertiary/aromatic N) is 2. The maximum absolute atomic E-state index is 12.2. The Bertz CT molecular complexity index is 900. The van der Waals surface area contributed by atoms with Gasteiger partial charge in [0.05, 0.1) is 22.1 Å². The van der Waals surface area contributed by atoms with Gasteiger partial charge >= 0.3 is 0 Å². The molecule has 112 valence electrons. The van der Waals surface area contributed by atoms with Crippen LogP contribution in [-0.4, -0.2) is 30.2 Å². The Labute approximate surface area is 134 Å². The molecule has 0 aliphatic heterocycles. The summed E-state index contributed by atoms with van der Waals surface area (Å²) in [5.41, 5.74) is 2.89. The molecule has 0 atom stereocenters. The number of carbonyl (C=O) groups is 2. The van der Waals surface area contributed by atoms with Crippen molar-refractivity contribution in [3.05, 3.63) is 60.2 Å². The monoisotopic (exact) mass is 322 g/mol. The number of nitrogens with one attached hydrogen (secondary N) is 2. The highest BCUT2D eigenvalue weighted by molar-refractivity contribution is 8.26. The summed E-state index contributed by atoms with van der Waals surface area (Å²) in [5, 5.41) is -0.877. The number of benzene rings is 2. The van der Waals surface area contributed by atoms with Crippen molar-refractivity contribution in [1.82, 2.24) is 19.9 Å². The number of fused-ring (bicyclic) bond motifs is 2. The average Bonchev–Trinajstić information content (AvgIpc) is 3.18. The van der Waals surface area contributed by atoms with Crippen LogP contribution in [0.4, 0.5) is 0 Å². The molecular weight excluding hydrogens is 312 g/mol. The predicted octanol–water partition coefficient (Wildman–Crippen LogP) is 3.15. The van der Waals surface area contributed by atoms with E-state index in [1.807, 2.05) is 36.4 Å². The number of aromatic amines is 2. The molecule has 0 aliphatic carbocycles. The van der Waals surface area contributed by atoms with E-state index in [0.717, 1.165) is 11.0 Å². The summed E-state index contributed by atoms with van der Waals surface area (Å²) in [5.74, 6) is 0.307. The summed E-state index contributed by atoms with van der Waals surface area (Å²) in [7, 11) is 0. The van der Waals surface area contributed by atoms with Crippen LogP contribution in [0, 0.1) is 0 Å². The molecule has 4 aromatic rings. The first-order chi connectivity index (χ1) is 11.2. The molecule has 0 amide bonds. The van der Waals surface area contributed by atoms with Crippen molar-refractivity contribution < 1.29 is 9.59 Å². The van der Waals surface area contributed by atoms with Crippen molar-refractivity contribution in [2.24, 2.45) is 0 Å². The van der Waals surface area contributed by atoms with E-state index in [9.17, 15) is 9.59 Å². The third-order valence-corrected chi connectivity index (χ3v) is 4.11. The molecule has 0 spiro atoms. The number of aromatic nitrogens is 4. The molecule has 0 bridgehead atoms. The standard InChI is InChI=1S/C16H10N4O2S/c21-15(13-17-9-5-1-2-6-10(9)18-13)23-16(22)14-19-11-7-3-4-8-12(11)20-14/h1-8H,(H,17,18)(H,19,20). The first-order valence-electron chi connectivity index (χ1n) is 6.87. The highest BCUT2D eigenvalue weighted by Crippen LogP contribution is 2.19. The van der Waals surface area contributed by atoms with E-state index in [2.05, 4.69) is 19.9 Å². The highest BCUT2D eigenvalue weighted by Gasteiger charge is 2.20. The van der Waals surface area contributed by atoms with Crippen molar-refractivity contribution in [3.8, 4) is 0 Å². The molecule has 0 unspecified atom stereocenters. The van der Waals surface area contributed by atoms with E-state index in [1.54, 1.807) is 12.1 Å². The van der Waals surface area contributed by atoms with Crippen LogP contribution in [0.1, 0.15) is 21.2 Å². The van der Waals surface area contributed by atoms with Crippen LogP contribution in [0.5, 0.6) is 0 Å². The van der Waals surface area contributed by atoms with Crippen LogP contribution in [-0.2, 0) is 0 Å². The van der Waals surface area contributed by atoms with Crippen LogP contribution in [0.15, 0.2) is 48.5 Å². The summed E-state index contributed by atoms with van der Waals surface area (Å²) in [4.78, 5) is 38.7. The van der Waals surface area contributed by atoms with Crippen molar-refractivity contribution >= 4 is 44.1 Å². The van der Waals surface area contributed by atoms with Gasteiger partial charge in [0.25, 0.3) is 10.2 Å². The lowest BCUT2D eigenvalue weighted by atomic mass is 10.3. The molecule has 6 nitrogen and oxygen atoms in total. The molecule has 0 aliphatic rings. The molecule has 2 N–H and O–H groups in total. The number of H-pyrrole nitrogens is 2. The van der Waals surface area contributed by atoms with E-state index in [-0.39, 0.29) is 11.6 Å². The zero-order valence-corrected chi connectivity index (χ0v) is 12.6. The Morgan fingerprint density at radius 3 is 1.61 bits per heavy atom. The molecule has 7 heteroatoms. The van der Waals surface area contributed by atoms with Crippen molar-refractivity contribution in [2.45, 2.75) is 0 Å². The lowest BCUT2D eigenvalue weighted by Gasteiger charge is -1.94. The fourth-order valence-corrected chi connectivity index (χ4v) is 2.83. The zero-order chi connectivity index (χ0) is 15.8. The summed E-state index contributed by atoms with van der Waals surface area (Å²) >= 11 is 0.571. The maximum Gasteiger partial charge on any atom is 0.262 e. The fourth-order valence-electron chi connectivity index (χ4n) is 2.28. The number of carbonyl (C=O) groups excluding carboxylic acids is 2. The third kappa shape index (κ3) is 2.51. The molecule has 2 heterocycles. The second-order valence-corrected chi connectivity index (χ2v) is 5.83. The SMILES string of the molecule is O=C(SC(=O)c1nc2ccccc2[nH]1)c1nc2ccccc2[nH]1. The van der Waals surface area contributed by atoms with Gasteiger partial charge in [-0.2, -0.15) is 0 Å². The summed E-state index contributed by atoms with van der Waals surface area (Å²) in [6.45, 7) is 0. The van der Waals surface area contributed by atoms with Gasteiger partial charge in [0.15, 0.2) is 11.6 Å². The molecule has 2 aromatic carbocycles. The average molecular weight is 322 g/mol. The molecule has 2 aromatic heterocycles. The molecule has 0 saturated carbocycles. The second-order valence-electron chi connectivity index (χ2n) is 4.88. The van der Waals surface area contributed by atoms with E-state index in [0.29, 0.717) is 22.8 Å². The predicted molar refractivity (Wildman–Crippen MR) is 88.4 cm³/mol. The quantitative estimate of drug-likeness (QED) is 0.591. The minimum atomic E-state index is -0.438. The molecule has 0 fully saturated rings. The number of para-hydroxylation sites is 4. The van der Waals surface area contributed by atoms with Gasteiger partial charge in [0.2, 0.25) is 0 Å². The lowest BCUT2D eigenvalue weighted by Crippen LogP contribution is -2.04. The van der Waals surface area contributed by atoms with Gasteiger partial charge in [-0.1, -0.05) is 24.3 Å². The van der Waals surface area contributed by atoms with Gasteiger partial charge in [-0.05, 0) is 24.3 Å². The van der Waals surface area contributed by atoms with Gasteiger partial charge in [-0.15, -0.1) is 0 Å². The minimum Gasteiger partial charge on any atom is -0.335 e. The zero-order valence-electron chi connectivity index (χ0n) is 11.7. The maximum atomic E-state index is 12.2.